The number of aromatic nitrogens is 3. The first-order valence-electron chi connectivity index (χ1n) is 7.06. The Morgan fingerprint density at radius 3 is 2.68 bits per heavy atom. The van der Waals surface area contributed by atoms with Crippen molar-refractivity contribution in [2.45, 2.75) is 38.7 Å². The van der Waals surface area contributed by atoms with Gasteiger partial charge in [-0.05, 0) is 38.6 Å². The molecule has 0 saturated carbocycles. The van der Waals surface area contributed by atoms with Gasteiger partial charge in [0.05, 0.1) is 0 Å². The molecule has 1 aliphatic heterocycles. The number of aromatic amines is 1. The first-order valence-corrected chi connectivity index (χ1v) is 7.06. The quantitative estimate of drug-likeness (QED) is 0.839. The van der Waals surface area contributed by atoms with E-state index < -0.39 is 0 Å². The van der Waals surface area contributed by atoms with Gasteiger partial charge in [-0.15, -0.1) is 5.10 Å². The van der Waals surface area contributed by atoms with Gasteiger partial charge < -0.3 is 15.4 Å². The number of H-pyrrole nitrogens is 1. The molecule has 6 nitrogen and oxygen atoms in total. The van der Waals surface area contributed by atoms with Crippen LogP contribution in [0.4, 0.5) is 5.95 Å². The van der Waals surface area contributed by atoms with Crippen LogP contribution in [0, 0.1) is 5.92 Å². The van der Waals surface area contributed by atoms with Crippen molar-refractivity contribution >= 4 is 5.95 Å². The number of nitrogens with zero attached hydrogens (tertiary/aromatic N) is 3. The third kappa shape index (κ3) is 2.90. The molecule has 108 valence electrons. The minimum absolute atomic E-state index is 0.388. The maximum atomic E-state index is 5.71. The number of hydrogen-bond acceptors (Lipinski definition) is 5. The van der Waals surface area contributed by atoms with Crippen molar-refractivity contribution < 1.29 is 4.74 Å². The largest absolute Gasteiger partial charge is 0.371 e. The maximum Gasteiger partial charge on any atom is 0.244 e. The highest BCUT2D eigenvalue weighted by Gasteiger charge is 2.29. The first kappa shape index (κ1) is 14.3. The van der Waals surface area contributed by atoms with E-state index in [2.05, 4.69) is 27.0 Å². The minimum Gasteiger partial charge on any atom is -0.371 e. The molecule has 1 fully saturated rings. The Morgan fingerprint density at radius 2 is 2.16 bits per heavy atom. The third-order valence-corrected chi connectivity index (χ3v) is 4.33. The lowest BCUT2D eigenvalue weighted by molar-refractivity contribution is -0.00865. The van der Waals surface area contributed by atoms with Gasteiger partial charge in [-0.25, -0.2) is 0 Å². The summed E-state index contributed by atoms with van der Waals surface area (Å²) < 4.78 is 5.54. The second-order valence-corrected chi connectivity index (χ2v) is 5.44. The molecule has 6 heteroatoms. The predicted octanol–water partition coefficient (Wildman–Crippen LogP) is 1.25. The van der Waals surface area contributed by atoms with Crippen LogP contribution in [0.1, 0.15) is 38.9 Å². The van der Waals surface area contributed by atoms with Gasteiger partial charge in [0.15, 0.2) is 5.82 Å². The van der Waals surface area contributed by atoms with Crippen LogP contribution < -0.4 is 10.6 Å². The van der Waals surface area contributed by atoms with E-state index in [0.717, 1.165) is 50.7 Å². The van der Waals surface area contributed by atoms with E-state index >= 15 is 0 Å². The van der Waals surface area contributed by atoms with Gasteiger partial charge in [-0.3, -0.25) is 5.10 Å². The Kier molecular flexibility index (Phi) is 4.42. The van der Waals surface area contributed by atoms with Crippen LogP contribution in [0.3, 0.4) is 0 Å². The molecule has 0 aliphatic carbocycles. The minimum atomic E-state index is -0.388. The molecule has 2 rings (SSSR count). The molecule has 1 aromatic heterocycles. The molecule has 0 amide bonds. The van der Waals surface area contributed by atoms with E-state index in [0.29, 0.717) is 5.92 Å². The summed E-state index contributed by atoms with van der Waals surface area (Å²) in [6, 6.07) is 0. The summed E-state index contributed by atoms with van der Waals surface area (Å²) in [7, 11) is 1.71. The average Bonchev–Trinajstić information content (AvgIpc) is 2.97. The summed E-state index contributed by atoms with van der Waals surface area (Å²) in [4.78, 5) is 6.82. The van der Waals surface area contributed by atoms with Crippen molar-refractivity contribution in [2.75, 3.05) is 31.6 Å². The van der Waals surface area contributed by atoms with Crippen molar-refractivity contribution in [1.82, 2.24) is 15.2 Å². The summed E-state index contributed by atoms with van der Waals surface area (Å²) >= 11 is 0. The average molecular weight is 267 g/mol. The van der Waals surface area contributed by atoms with Gasteiger partial charge in [0.1, 0.15) is 5.60 Å². The Hall–Kier alpha value is -1.14. The highest BCUT2D eigenvalue weighted by Crippen LogP contribution is 2.27. The fourth-order valence-corrected chi connectivity index (χ4v) is 2.41. The van der Waals surface area contributed by atoms with E-state index in [1.807, 2.05) is 6.92 Å². The summed E-state index contributed by atoms with van der Waals surface area (Å²) in [5.74, 6) is 2.23. The van der Waals surface area contributed by atoms with Gasteiger partial charge in [-0.2, -0.15) is 4.98 Å². The smallest absolute Gasteiger partial charge is 0.244 e. The Bertz CT molecular complexity index is 393. The number of rotatable bonds is 5. The van der Waals surface area contributed by atoms with Crippen LogP contribution in [0.5, 0.6) is 0 Å². The topological polar surface area (TPSA) is 80.1 Å². The van der Waals surface area contributed by atoms with Gasteiger partial charge in [0, 0.05) is 20.2 Å². The van der Waals surface area contributed by atoms with E-state index in [4.69, 9.17) is 10.5 Å². The second-order valence-electron chi connectivity index (χ2n) is 5.44. The summed E-state index contributed by atoms with van der Waals surface area (Å²) in [6.07, 6.45) is 3.10. The second kappa shape index (κ2) is 5.88. The molecule has 0 radical (unpaired) electrons. The Labute approximate surface area is 114 Å². The third-order valence-electron chi connectivity index (χ3n) is 4.33. The lowest BCUT2D eigenvalue weighted by Gasteiger charge is -2.30. The molecular weight excluding hydrogens is 242 g/mol. The highest BCUT2D eigenvalue weighted by atomic mass is 16.5. The van der Waals surface area contributed by atoms with Crippen LogP contribution in [-0.2, 0) is 10.3 Å². The van der Waals surface area contributed by atoms with Crippen LogP contribution in [-0.4, -0.2) is 41.9 Å². The van der Waals surface area contributed by atoms with Gasteiger partial charge in [0.25, 0.3) is 0 Å². The van der Waals surface area contributed by atoms with E-state index in [1.165, 1.54) is 0 Å². The highest BCUT2D eigenvalue weighted by molar-refractivity contribution is 5.30. The Balaban J connectivity index is 2.05. The zero-order chi connectivity index (χ0) is 13.9. The van der Waals surface area contributed by atoms with Crippen LogP contribution in [0.15, 0.2) is 0 Å². The number of anilines is 1. The lowest BCUT2D eigenvalue weighted by atomic mass is 9.97. The molecule has 3 N–H and O–H groups in total. The normalized spacial score (nSPS) is 20.5. The number of hydrogen-bond donors (Lipinski definition) is 2. The monoisotopic (exact) mass is 267 g/mol. The summed E-state index contributed by atoms with van der Waals surface area (Å²) in [5, 5.41) is 7.35. The maximum absolute atomic E-state index is 5.71. The number of piperidine rings is 1. The molecule has 1 aromatic rings. The zero-order valence-electron chi connectivity index (χ0n) is 12.1. The Morgan fingerprint density at radius 1 is 1.47 bits per heavy atom. The van der Waals surface area contributed by atoms with Crippen LogP contribution in [0.25, 0.3) is 0 Å². The van der Waals surface area contributed by atoms with Gasteiger partial charge in [0.2, 0.25) is 5.95 Å². The SMILES string of the molecule is CCC(C)(OC)c1nc(N2CCC(CN)CC2)n[nH]1. The van der Waals surface area contributed by atoms with Crippen molar-refractivity contribution in [3.63, 3.8) is 0 Å². The van der Waals surface area contributed by atoms with Crippen LogP contribution in [0.2, 0.25) is 0 Å². The summed E-state index contributed by atoms with van der Waals surface area (Å²) in [6.45, 7) is 6.85. The fourth-order valence-electron chi connectivity index (χ4n) is 2.41. The summed E-state index contributed by atoms with van der Waals surface area (Å²) in [5.41, 5.74) is 5.32. The van der Waals surface area contributed by atoms with Crippen molar-refractivity contribution in [3.8, 4) is 0 Å². The lowest BCUT2D eigenvalue weighted by Crippen LogP contribution is -2.36. The van der Waals surface area contributed by atoms with Crippen LogP contribution >= 0.6 is 0 Å². The fraction of sp³-hybridized carbons (Fsp3) is 0.846. The van der Waals surface area contributed by atoms with E-state index in [1.54, 1.807) is 7.11 Å². The molecule has 19 heavy (non-hydrogen) atoms. The van der Waals surface area contributed by atoms with Gasteiger partial charge in [-0.1, -0.05) is 6.92 Å². The van der Waals surface area contributed by atoms with Gasteiger partial charge >= 0.3 is 0 Å². The van der Waals surface area contributed by atoms with E-state index in [-0.39, 0.29) is 5.60 Å². The molecule has 1 saturated heterocycles. The standard InChI is InChI=1S/C13H25N5O/c1-4-13(2,19-3)11-15-12(17-16-11)18-7-5-10(9-14)6-8-18/h10H,4-9,14H2,1-3H3,(H,15,16,17). The molecule has 0 bridgehead atoms. The van der Waals surface area contributed by atoms with Crippen molar-refractivity contribution in [1.29, 1.82) is 0 Å². The molecule has 1 aliphatic rings. The number of nitrogens with one attached hydrogen (secondary N) is 1. The number of ether oxygens (including phenoxy) is 1. The number of nitrogens with two attached hydrogens (primary N) is 1. The van der Waals surface area contributed by atoms with Crippen molar-refractivity contribution in [2.24, 2.45) is 11.7 Å². The molecule has 1 unspecified atom stereocenters. The number of methoxy groups -OCH3 is 1. The predicted molar refractivity (Wildman–Crippen MR) is 75.0 cm³/mol. The molecular formula is C13H25N5O. The molecule has 2 heterocycles. The van der Waals surface area contributed by atoms with E-state index in [9.17, 15) is 0 Å². The molecule has 0 aromatic carbocycles. The molecule has 1 atom stereocenters. The van der Waals surface area contributed by atoms with Crippen molar-refractivity contribution in [3.05, 3.63) is 5.82 Å². The zero-order valence-corrected chi connectivity index (χ0v) is 12.1. The molecule has 0 spiro atoms. The first-order chi connectivity index (χ1) is 9.12.